The summed E-state index contributed by atoms with van der Waals surface area (Å²) >= 11 is 0. The smallest absolute Gasteiger partial charge is 0.116 e. The van der Waals surface area contributed by atoms with E-state index in [1.807, 2.05) is 0 Å². The molecule has 0 amide bonds. The lowest BCUT2D eigenvalue weighted by Gasteiger charge is -2.41. The van der Waals surface area contributed by atoms with E-state index in [-0.39, 0.29) is 5.41 Å². The second-order valence-electron chi connectivity index (χ2n) is 7.05. The summed E-state index contributed by atoms with van der Waals surface area (Å²) in [5.74, 6) is 0.784. The first-order chi connectivity index (χ1) is 8.97. The molecule has 0 unspecified atom stereocenters. The van der Waals surface area contributed by atoms with Crippen molar-refractivity contribution in [3.8, 4) is 6.07 Å². The van der Waals surface area contributed by atoms with Crippen molar-refractivity contribution in [1.82, 2.24) is 10.2 Å². The molecule has 4 heteroatoms. The van der Waals surface area contributed by atoms with Gasteiger partial charge in [-0.1, -0.05) is 13.8 Å². The number of nitriles is 1. The molecule has 0 saturated carbocycles. The zero-order chi connectivity index (χ0) is 13.9. The molecule has 2 fully saturated rings. The molecular formula is C15H27N3O. The molecule has 0 bridgehead atoms. The van der Waals surface area contributed by atoms with Crippen molar-refractivity contribution in [1.29, 1.82) is 5.26 Å². The normalized spacial score (nSPS) is 24.7. The molecule has 0 atom stereocenters. The van der Waals surface area contributed by atoms with Gasteiger partial charge in [0.1, 0.15) is 5.41 Å². The standard InChI is InChI=1S/C15H27N3O/c1-14(2,13-4-6-18(3)7-5-13)9-17-10-15(8-16)11-19-12-15/h13,17H,4-7,9-12H2,1-3H3. The summed E-state index contributed by atoms with van der Waals surface area (Å²) in [7, 11) is 2.20. The molecule has 0 aromatic carbocycles. The summed E-state index contributed by atoms with van der Waals surface area (Å²) in [6, 6.07) is 2.39. The van der Waals surface area contributed by atoms with Crippen LogP contribution in [0.15, 0.2) is 0 Å². The Labute approximate surface area is 117 Å². The van der Waals surface area contributed by atoms with Gasteiger partial charge in [0, 0.05) is 13.1 Å². The highest BCUT2D eigenvalue weighted by atomic mass is 16.5. The Bertz CT molecular complexity index is 336. The molecule has 4 nitrogen and oxygen atoms in total. The Hall–Kier alpha value is -0.630. The van der Waals surface area contributed by atoms with Crippen LogP contribution in [0.1, 0.15) is 26.7 Å². The number of nitrogens with zero attached hydrogens (tertiary/aromatic N) is 2. The number of piperidine rings is 1. The molecule has 1 N–H and O–H groups in total. The van der Waals surface area contributed by atoms with Crippen LogP contribution in [0.4, 0.5) is 0 Å². The minimum Gasteiger partial charge on any atom is -0.378 e. The number of hydrogen-bond acceptors (Lipinski definition) is 4. The van der Waals surface area contributed by atoms with Crippen molar-refractivity contribution in [3.05, 3.63) is 0 Å². The third kappa shape index (κ3) is 3.47. The van der Waals surface area contributed by atoms with Gasteiger partial charge in [0.05, 0.1) is 19.3 Å². The van der Waals surface area contributed by atoms with E-state index >= 15 is 0 Å². The van der Waals surface area contributed by atoms with Gasteiger partial charge in [-0.2, -0.15) is 5.26 Å². The predicted molar refractivity (Wildman–Crippen MR) is 75.7 cm³/mol. The lowest BCUT2D eigenvalue weighted by molar-refractivity contribution is -0.0765. The van der Waals surface area contributed by atoms with Crippen LogP contribution in [-0.4, -0.2) is 51.3 Å². The fraction of sp³-hybridized carbons (Fsp3) is 0.933. The summed E-state index contributed by atoms with van der Waals surface area (Å²) in [4.78, 5) is 2.41. The molecule has 108 valence electrons. The van der Waals surface area contributed by atoms with E-state index in [9.17, 15) is 0 Å². The van der Waals surface area contributed by atoms with E-state index in [0.29, 0.717) is 18.6 Å². The van der Waals surface area contributed by atoms with Gasteiger partial charge in [0.15, 0.2) is 0 Å². The van der Waals surface area contributed by atoms with Gasteiger partial charge < -0.3 is 15.0 Å². The van der Waals surface area contributed by atoms with Crippen molar-refractivity contribution in [2.75, 3.05) is 46.4 Å². The lowest BCUT2D eigenvalue weighted by Crippen LogP contribution is -2.51. The SMILES string of the molecule is CN1CCC(C(C)(C)CNCC2(C#N)COC2)CC1. The molecule has 0 spiro atoms. The molecule has 0 aliphatic carbocycles. The van der Waals surface area contributed by atoms with Crippen molar-refractivity contribution in [3.63, 3.8) is 0 Å². The fourth-order valence-corrected chi connectivity index (χ4v) is 3.11. The quantitative estimate of drug-likeness (QED) is 0.818. The first-order valence-corrected chi connectivity index (χ1v) is 7.36. The maximum absolute atomic E-state index is 9.17. The third-order valence-electron chi connectivity index (χ3n) is 4.86. The van der Waals surface area contributed by atoms with Crippen LogP contribution in [0.2, 0.25) is 0 Å². The van der Waals surface area contributed by atoms with E-state index in [1.54, 1.807) is 0 Å². The van der Waals surface area contributed by atoms with Gasteiger partial charge in [-0.15, -0.1) is 0 Å². The summed E-state index contributed by atoms with van der Waals surface area (Å²) in [6.07, 6.45) is 2.58. The van der Waals surface area contributed by atoms with E-state index in [4.69, 9.17) is 10.00 Å². The Morgan fingerprint density at radius 2 is 2.00 bits per heavy atom. The van der Waals surface area contributed by atoms with E-state index in [1.165, 1.54) is 25.9 Å². The Morgan fingerprint density at radius 1 is 1.37 bits per heavy atom. The summed E-state index contributed by atoms with van der Waals surface area (Å²) < 4.78 is 5.17. The van der Waals surface area contributed by atoms with Crippen LogP contribution >= 0.6 is 0 Å². The fourth-order valence-electron chi connectivity index (χ4n) is 3.11. The Kier molecular flexibility index (Phi) is 4.50. The van der Waals surface area contributed by atoms with Crippen LogP contribution in [0, 0.1) is 28.1 Å². The first kappa shape index (κ1) is 14.8. The number of hydrogen-bond donors (Lipinski definition) is 1. The highest BCUT2D eigenvalue weighted by Gasteiger charge is 2.39. The van der Waals surface area contributed by atoms with Gasteiger partial charge in [-0.3, -0.25) is 0 Å². The van der Waals surface area contributed by atoms with E-state index < -0.39 is 0 Å². The van der Waals surface area contributed by atoms with Crippen molar-refractivity contribution in [2.45, 2.75) is 26.7 Å². The van der Waals surface area contributed by atoms with Crippen LogP contribution in [0.25, 0.3) is 0 Å². The maximum Gasteiger partial charge on any atom is 0.116 e. The molecule has 2 saturated heterocycles. The zero-order valence-electron chi connectivity index (χ0n) is 12.5. The van der Waals surface area contributed by atoms with Crippen LogP contribution in [0.5, 0.6) is 0 Å². The molecule has 0 aromatic rings. The number of nitrogens with one attached hydrogen (secondary N) is 1. The molecule has 0 aromatic heterocycles. The van der Waals surface area contributed by atoms with Crippen LogP contribution in [0.3, 0.4) is 0 Å². The average molecular weight is 265 g/mol. The predicted octanol–water partition coefficient (Wildman–Crippen LogP) is 1.48. The monoisotopic (exact) mass is 265 g/mol. The zero-order valence-corrected chi connectivity index (χ0v) is 12.5. The Morgan fingerprint density at radius 3 is 2.47 bits per heavy atom. The first-order valence-electron chi connectivity index (χ1n) is 7.36. The van der Waals surface area contributed by atoms with Gasteiger partial charge in [-0.05, 0) is 44.3 Å². The minimum absolute atomic E-state index is 0.261. The molecular weight excluding hydrogens is 238 g/mol. The highest BCUT2D eigenvalue weighted by molar-refractivity contribution is 5.05. The van der Waals surface area contributed by atoms with Gasteiger partial charge in [0.2, 0.25) is 0 Å². The second-order valence-corrected chi connectivity index (χ2v) is 7.05. The molecule has 2 aliphatic rings. The number of rotatable bonds is 5. The van der Waals surface area contributed by atoms with Gasteiger partial charge in [0.25, 0.3) is 0 Å². The summed E-state index contributed by atoms with van der Waals surface area (Å²) in [5.41, 5.74) is 0.0470. The largest absolute Gasteiger partial charge is 0.378 e. The van der Waals surface area contributed by atoms with Crippen molar-refractivity contribution >= 4 is 0 Å². The van der Waals surface area contributed by atoms with Crippen molar-refractivity contribution in [2.24, 2.45) is 16.7 Å². The highest BCUT2D eigenvalue weighted by Crippen LogP contribution is 2.34. The topological polar surface area (TPSA) is 48.3 Å². The second kappa shape index (κ2) is 5.78. The average Bonchev–Trinajstić information content (AvgIpc) is 2.33. The lowest BCUT2D eigenvalue weighted by atomic mass is 9.73. The van der Waals surface area contributed by atoms with Gasteiger partial charge >= 0.3 is 0 Å². The minimum atomic E-state index is -0.261. The van der Waals surface area contributed by atoms with Crippen LogP contribution < -0.4 is 5.32 Å². The Balaban J connectivity index is 1.76. The molecule has 2 heterocycles. The number of likely N-dealkylation sites (tertiary alicyclic amines) is 1. The van der Waals surface area contributed by atoms with Gasteiger partial charge in [-0.25, -0.2) is 0 Å². The van der Waals surface area contributed by atoms with Crippen LogP contribution in [-0.2, 0) is 4.74 Å². The molecule has 2 aliphatic heterocycles. The number of ether oxygens (including phenoxy) is 1. The third-order valence-corrected chi connectivity index (χ3v) is 4.86. The molecule has 0 radical (unpaired) electrons. The molecule has 2 rings (SSSR count). The van der Waals surface area contributed by atoms with Crippen molar-refractivity contribution < 1.29 is 4.74 Å². The molecule has 19 heavy (non-hydrogen) atoms. The van der Waals surface area contributed by atoms with E-state index in [2.05, 4.69) is 37.2 Å². The maximum atomic E-state index is 9.17. The van der Waals surface area contributed by atoms with E-state index in [0.717, 1.165) is 19.0 Å². The summed E-state index contributed by atoms with van der Waals surface area (Å²) in [5, 5.41) is 12.7. The summed E-state index contributed by atoms with van der Waals surface area (Å²) in [6.45, 7) is 10.1.